The van der Waals surface area contributed by atoms with Crippen LogP contribution in [0.25, 0.3) is 5.69 Å². The second kappa shape index (κ2) is 5.98. The molecule has 0 unspecified atom stereocenters. The first kappa shape index (κ1) is 15.4. The van der Waals surface area contributed by atoms with E-state index in [9.17, 15) is 12.8 Å². The number of rotatable bonds is 4. The largest absolute Gasteiger partial charge is 0.277 e. The SMILES string of the molecule is O=S(=O)(Nc1ccccc1-n1cncn1)c1ccc(Cl)cc1F. The van der Waals surface area contributed by atoms with Crippen molar-refractivity contribution in [3.63, 3.8) is 0 Å². The van der Waals surface area contributed by atoms with E-state index in [2.05, 4.69) is 14.8 Å². The lowest BCUT2D eigenvalue weighted by Gasteiger charge is -2.12. The van der Waals surface area contributed by atoms with Crippen molar-refractivity contribution in [3.8, 4) is 5.69 Å². The molecule has 3 rings (SSSR count). The lowest BCUT2D eigenvalue weighted by atomic mass is 10.3. The minimum Gasteiger partial charge on any atom is -0.277 e. The van der Waals surface area contributed by atoms with E-state index < -0.39 is 20.7 Å². The average molecular weight is 353 g/mol. The zero-order valence-corrected chi connectivity index (χ0v) is 13.1. The van der Waals surface area contributed by atoms with Crippen LogP contribution in [-0.2, 0) is 10.0 Å². The number of hydrogen-bond donors (Lipinski definition) is 1. The molecular formula is C14H10ClFN4O2S. The number of nitrogens with zero attached hydrogens (tertiary/aromatic N) is 3. The van der Waals surface area contributed by atoms with Crippen LogP contribution in [0.15, 0.2) is 60.0 Å². The summed E-state index contributed by atoms with van der Waals surface area (Å²) in [6.45, 7) is 0. The maximum Gasteiger partial charge on any atom is 0.264 e. The fraction of sp³-hybridized carbons (Fsp3) is 0. The summed E-state index contributed by atoms with van der Waals surface area (Å²) in [4.78, 5) is 3.33. The Hall–Kier alpha value is -2.45. The smallest absolute Gasteiger partial charge is 0.264 e. The Balaban J connectivity index is 2.02. The maximum absolute atomic E-state index is 13.9. The molecule has 0 spiro atoms. The first-order valence-electron chi connectivity index (χ1n) is 6.39. The van der Waals surface area contributed by atoms with Crippen molar-refractivity contribution in [2.24, 2.45) is 0 Å². The number of para-hydroxylation sites is 2. The molecule has 1 aromatic heterocycles. The van der Waals surface area contributed by atoms with Crippen LogP contribution in [0.4, 0.5) is 10.1 Å². The Morgan fingerprint density at radius 1 is 1.17 bits per heavy atom. The quantitative estimate of drug-likeness (QED) is 0.783. The van der Waals surface area contributed by atoms with Gasteiger partial charge in [-0.25, -0.2) is 22.5 Å². The van der Waals surface area contributed by atoms with Crippen LogP contribution in [0, 0.1) is 5.82 Å². The van der Waals surface area contributed by atoms with Crippen LogP contribution in [0.1, 0.15) is 0 Å². The first-order chi connectivity index (χ1) is 11.0. The Morgan fingerprint density at radius 3 is 2.65 bits per heavy atom. The van der Waals surface area contributed by atoms with E-state index in [1.54, 1.807) is 24.3 Å². The predicted molar refractivity (Wildman–Crippen MR) is 83.6 cm³/mol. The second-order valence-corrected chi connectivity index (χ2v) is 6.62. The molecule has 0 amide bonds. The van der Waals surface area contributed by atoms with Gasteiger partial charge < -0.3 is 0 Å². The zero-order chi connectivity index (χ0) is 16.4. The molecule has 1 heterocycles. The molecule has 0 aliphatic heterocycles. The summed E-state index contributed by atoms with van der Waals surface area (Å²) in [5.41, 5.74) is 0.704. The van der Waals surface area contributed by atoms with Gasteiger partial charge in [0.15, 0.2) is 0 Å². The Labute approximate surface area is 136 Å². The van der Waals surface area contributed by atoms with E-state index in [4.69, 9.17) is 11.6 Å². The van der Waals surface area contributed by atoms with Gasteiger partial charge in [-0.05, 0) is 30.3 Å². The molecule has 0 saturated carbocycles. The summed E-state index contributed by atoms with van der Waals surface area (Å²) >= 11 is 5.65. The van der Waals surface area contributed by atoms with Crippen LogP contribution >= 0.6 is 11.6 Å². The highest BCUT2D eigenvalue weighted by Gasteiger charge is 2.21. The van der Waals surface area contributed by atoms with Gasteiger partial charge in [-0.15, -0.1) is 0 Å². The Kier molecular flexibility index (Phi) is 4.01. The van der Waals surface area contributed by atoms with E-state index in [0.717, 1.165) is 12.1 Å². The molecule has 0 fully saturated rings. The summed E-state index contributed by atoms with van der Waals surface area (Å²) in [5, 5.41) is 4.07. The number of hydrogen-bond acceptors (Lipinski definition) is 4. The third-order valence-corrected chi connectivity index (χ3v) is 4.63. The van der Waals surface area contributed by atoms with E-state index in [-0.39, 0.29) is 10.7 Å². The van der Waals surface area contributed by atoms with Crippen LogP contribution in [0.5, 0.6) is 0 Å². The van der Waals surface area contributed by atoms with E-state index in [1.807, 2.05) is 0 Å². The summed E-state index contributed by atoms with van der Waals surface area (Å²) in [6.07, 6.45) is 2.75. The Bertz CT molecular complexity index is 945. The standard InChI is InChI=1S/C14H10ClFN4O2S/c15-10-5-6-14(11(16)7-10)23(21,22)19-12-3-1-2-4-13(12)20-9-17-8-18-20/h1-9,19H. The van der Waals surface area contributed by atoms with Crippen LogP contribution in [0.3, 0.4) is 0 Å². The maximum atomic E-state index is 13.9. The average Bonchev–Trinajstić information content (AvgIpc) is 3.01. The fourth-order valence-corrected chi connectivity index (χ4v) is 3.28. The number of benzene rings is 2. The number of anilines is 1. The van der Waals surface area contributed by atoms with Crippen LogP contribution in [-0.4, -0.2) is 23.2 Å². The number of nitrogens with one attached hydrogen (secondary N) is 1. The van der Waals surface area contributed by atoms with Gasteiger partial charge in [0.2, 0.25) is 0 Å². The monoisotopic (exact) mass is 352 g/mol. The third kappa shape index (κ3) is 3.17. The highest BCUT2D eigenvalue weighted by atomic mass is 35.5. The van der Waals surface area contributed by atoms with Gasteiger partial charge in [-0.3, -0.25) is 4.72 Å². The van der Waals surface area contributed by atoms with Crippen molar-refractivity contribution in [1.29, 1.82) is 0 Å². The normalized spacial score (nSPS) is 11.4. The topological polar surface area (TPSA) is 76.9 Å². The number of sulfonamides is 1. The van der Waals surface area contributed by atoms with Crippen molar-refractivity contribution in [2.75, 3.05) is 4.72 Å². The van der Waals surface area contributed by atoms with Gasteiger partial charge in [0.1, 0.15) is 23.4 Å². The molecule has 23 heavy (non-hydrogen) atoms. The van der Waals surface area contributed by atoms with Crippen molar-refractivity contribution < 1.29 is 12.8 Å². The summed E-state index contributed by atoms with van der Waals surface area (Å²) in [6, 6.07) is 9.93. The van der Waals surface area contributed by atoms with Gasteiger partial charge in [0, 0.05) is 5.02 Å². The minimum atomic E-state index is -4.12. The molecule has 2 aromatic carbocycles. The zero-order valence-electron chi connectivity index (χ0n) is 11.5. The molecule has 0 saturated heterocycles. The fourth-order valence-electron chi connectivity index (χ4n) is 1.99. The number of aromatic nitrogens is 3. The van der Waals surface area contributed by atoms with E-state index in [1.165, 1.54) is 23.4 Å². The molecule has 0 radical (unpaired) electrons. The van der Waals surface area contributed by atoms with Crippen molar-refractivity contribution in [1.82, 2.24) is 14.8 Å². The van der Waals surface area contributed by atoms with Crippen molar-refractivity contribution in [3.05, 3.63) is 66.0 Å². The van der Waals surface area contributed by atoms with Crippen LogP contribution < -0.4 is 4.72 Å². The molecule has 118 valence electrons. The lowest BCUT2D eigenvalue weighted by molar-refractivity contribution is 0.570. The molecule has 0 aliphatic rings. The summed E-state index contributed by atoms with van der Waals surface area (Å²) in [5.74, 6) is -0.928. The second-order valence-electron chi connectivity index (χ2n) is 4.54. The Morgan fingerprint density at radius 2 is 1.96 bits per heavy atom. The molecule has 0 bridgehead atoms. The van der Waals surface area contributed by atoms with E-state index >= 15 is 0 Å². The van der Waals surface area contributed by atoms with Crippen LogP contribution in [0.2, 0.25) is 5.02 Å². The van der Waals surface area contributed by atoms with Crippen molar-refractivity contribution in [2.45, 2.75) is 4.90 Å². The number of halogens is 2. The predicted octanol–water partition coefficient (Wildman–Crippen LogP) is 2.86. The molecular weight excluding hydrogens is 343 g/mol. The molecule has 9 heteroatoms. The molecule has 0 aliphatic carbocycles. The molecule has 6 nitrogen and oxygen atoms in total. The van der Waals surface area contributed by atoms with Gasteiger partial charge in [-0.2, -0.15) is 5.10 Å². The van der Waals surface area contributed by atoms with Crippen molar-refractivity contribution >= 4 is 27.3 Å². The third-order valence-electron chi connectivity index (χ3n) is 3.00. The first-order valence-corrected chi connectivity index (χ1v) is 8.25. The van der Waals surface area contributed by atoms with E-state index in [0.29, 0.717) is 5.69 Å². The molecule has 0 atom stereocenters. The highest BCUT2D eigenvalue weighted by Crippen LogP contribution is 2.25. The summed E-state index contributed by atoms with van der Waals surface area (Å²) < 4.78 is 42.5. The minimum absolute atomic E-state index is 0.115. The van der Waals surface area contributed by atoms with Gasteiger partial charge in [-0.1, -0.05) is 23.7 Å². The lowest BCUT2D eigenvalue weighted by Crippen LogP contribution is -2.16. The van der Waals surface area contributed by atoms with Gasteiger partial charge in [0.05, 0.1) is 11.4 Å². The highest BCUT2D eigenvalue weighted by molar-refractivity contribution is 7.92. The van der Waals surface area contributed by atoms with Gasteiger partial charge in [0.25, 0.3) is 10.0 Å². The molecule has 1 N–H and O–H groups in total. The molecule has 3 aromatic rings. The summed E-state index contributed by atoms with van der Waals surface area (Å²) in [7, 11) is -4.12. The van der Waals surface area contributed by atoms with Gasteiger partial charge >= 0.3 is 0 Å².